The average molecular weight is 451 g/mol. The number of benzene rings is 2. The van der Waals surface area contributed by atoms with Crippen LogP contribution >= 0.6 is 27.5 Å². The van der Waals surface area contributed by atoms with Crippen molar-refractivity contribution in [3.05, 3.63) is 69.2 Å². The van der Waals surface area contributed by atoms with Crippen molar-refractivity contribution in [1.82, 2.24) is 10.7 Å². The highest BCUT2D eigenvalue weighted by atomic mass is 79.9. The molecule has 0 radical (unpaired) electrons. The molecule has 0 bridgehead atoms. The van der Waals surface area contributed by atoms with E-state index in [0.29, 0.717) is 17.0 Å². The minimum Gasteiger partial charge on any atom is -0.340 e. The van der Waals surface area contributed by atoms with E-state index in [1.807, 2.05) is 38.1 Å². The first kappa shape index (κ1) is 21.1. The van der Waals surface area contributed by atoms with Gasteiger partial charge in [-0.05, 0) is 54.3 Å². The van der Waals surface area contributed by atoms with E-state index >= 15 is 0 Å². The normalized spacial score (nSPS) is 12.2. The van der Waals surface area contributed by atoms with E-state index in [9.17, 15) is 9.59 Å². The summed E-state index contributed by atoms with van der Waals surface area (Å²) in [6, 6.07) is 13.3. The maximum atomic E-state index is 12.5. The summed E-state index contributed by atoms with van der Waals surface area (Å²) in [5.41, 5.74) is 3.79. The first-order valence-electron chi connectivity index (χ1n) is 8.50. The van der Waals surface area contributed by atoms with E-state index in [2.05, 4.69) is 31.8 Å². The third-order valence-corrected chi connectivity index (χ3v) is 4.47. The molecule has 7 heteroatoms. The van der Waals surface area contributed by atoms with Crippen LogP contribution in [0.5, 0.6) is 0 Å². The van der Waals surface area contributed by atoms with Crippen LogP contribution < -0.4 is 10.7 Å². The van der Waals surface area contributed by atoms with Crippen LogP contribution in [0.1, 0.15) is 36.2 Å². The molecule has 0 fully saturated rings. The van der Waals surface area contributed by atoms with Crippen molar-refractivity contribution in [3.63, 3.8) is 0 Å². The molecule has 2 aromatic carbocycles. The van der Waals surface area contributed by atoms with E-state index in [1.54, 1.807) is 30.5 Å². The number of carbonyl (C=O) groups excluding carboxylic acids is 2. The molecule has 27 heavy (non-hydrogen) atoms. The zero-order valence-electron chi connectivity index (χ0n) is 15.1. The number of nitrogens with zero attached hydrogens (tertiary/aromatic N) is 1. The molecule has 0 saturated carbocycles. The molecule has 0 aromatic heterocycles. The van der Waals surface area contributed by atoms with Crippen molar-refractivity contribution in [1.29, 1.82) is 0 Å². The van der Waals surface area contributed by atoms with E-state index in [1.165, 1.54) is 0 Å². The fraction of sp³-hybridized carbons (Fsp3) is 0.250. The van der Waals surface area contributed by atoms with Crippen LogP contribution in [-0.4, -0.2) is 24.1 Å². The van der Waals surface area contributed by atoms with E-state index in [-0.39, 0.29) is 17.7 Å². The molecule has 0 saturated heterocycles. The molecule has 0 heterocycles. The van der Waals surface area contributed by atoms with Gasteiger partial charge in [-0.2, -0.15) is 5.10 Å². The minimum absolute atomic E-state index is 0.224. The van der Waals surface area contributed by atoms with Crippen LogP contribution in [0.4, 0.5) is 0 Å². The predicted octanol–water partition coefficient (Wildman–Crippen LogP) is 4.40. The van der Waals surface area contributed by atoms with E-state index in [0.717, 1.165) is 10.0 Å². The summed E-state index contributed by atoms with van der Waals surface area (Å²) >= 11 is 9.21. The number of rotatable bonds is 7. The smallest absolute Gasteiger partial charge is 0.262 e. The molecule has 2 N–H and O–H groups in total. The van der Waals surface area contributed by atoms with Crippen molar-refractivity contribution in [3.8, 4) is 0 Å². The van der Waals surface area contributed by atoms with Crippen molar-refractivity contribution in [2.24, 2.45) is 11.0 Å². The Balaban J connectivity index is 2.01. The Kier molecular flexibility index (Phi) is 8.00. The quantitative estimate of drug-likeness (QED) is 0.485. The lowest BCUT2D eigenvalue weighted by molar-refractivity contribution is -0.123. The van der Waals surface area contributed by atoms with Gasteiger partial charge in [0.2, 0.25) is 0 Å². The first-order valence-corrected chi connectivity index (χ1v) is 9.67. The maximum Gasteiger partial charge on any atom is 0.262 e. The second-order valence-electron chi connectivity index (χ2n) is 6.45. The zero-order valence-corrected chi connectivity index (χ0v) is 17.4. The van der Waals surface area contributed by atoms with E-state index < -0.39 is 6.04 Å². The van der Waals surface area contributed by atoms with Crippen LogP contribution in [0.15, 0.2) is 58.1 Å². The topological polar surface area (TPSA) is 70.6 Å². The number of amides is 2. The van der Waals surface area contributed by atoms with Gasteiger partial charge < -0.3 is 5.32 Å². The maximum absolute atomic E-state index is 12.5. The summed E-state index contributed by atoms with van der Waals surface area (Å²) in [6.07, 6.45) is 2.05. The summed E-state index contributed by atoms with van der Waals surface area (Å²) in [5, 5.41) is 7.29. The van der Waals surface area contributed by atoms with Crippen LogP contribution in [0.3, 0.4) is 0 Å². The standard InChI is InChI=1S/C20H21BrClN3O2/c1-13(2)11-18(24-19(26)15-5-9-17(22)10-6-15)20(27)25-23-12-14-3-7-16(21)8-4-14/h3-10,12-13,18H,11H2,1-2H3,(H,24,26)(H,25,27). The Morgan fingerprint density at radius 2 is 1.74 bits per heavy atom. The Bertz CT molecular complexity index is 805. The SMILES string of the molecule is CC(C)CC(NC(=O)c1ccc(Cl)cc1)C(=O)NN=Cc1ccc(Br)cc1. The molecular formula is C20H21BrClN3O2. The lowest BCUT2D eigenvalue weighted by atomic mass is 10.0. The number of hydrogen-bond donors (Lipinski definition) is 2. The predicted molar refractivity (Wildman–Crippen MR) is 112 cm³/mol. The molecule has 0 aliphatic carbocycles. The lowest BCUT2D eigenvalue weighted by Gasteiger charge is -2.19. The summed E-state index contributed by atoms with van der Waals surface area (Å²) in [5.74, 6) is -0.467. The summed E-state index contributed by atoms with van der Waals surface area (Å²) in [6.45, 7) is 3.97. The fourth-order valence-corrected chi connectivity index (χ4v) is 2.73. The fourth-order valence-electron chi connectivity index (χ4n) is 2.34. The third-order valence-electron chi connectivity index (χ3n) is 3.69. The summed E-state index contributed by atoms with van der Waals surface area (Å²) in [4.78, 5) is 24.9. The Morgan fingerprint density at radius 1 is 1.11 bits per heavy atom. The van der Waals surface area contributed by atoms with Gasteiger partial charge in [-0.25, -0.2) is 5.43 Å². The zero-order chi connectivity index (χ0) is 19.8. The minimum atomic E-state index is -0.685. The number of hydrazone groups is 1. The monoisotopic (exact) mass is 449 g/mol. The van der Waals surface area contributed by atoms with Gasteiger partial charge in [-0.3, -0.25) is 9.59 Å². The van der Waals surface area contributed by atoms with Crippen LogP contribution in [-0.2, 0) is 4.79 Å². The number of nitrogens with one attached hydrogen (secondary N) is 2. The van der Waals surface area contributed by atoms with Crippen molar-refractivity contribution < 1.29 is 9.59 Å². The molecule has 142 valence electrons. The second-order valence-corrected chi connectivity index (χ2v) is 7.80. The number of hydrogen-bond acceptors (Lipinski definition) is 3. The number of halogens is 2. The molecule has 2 amide bonds. The molecule has 0 spiro atoms. The van der Waals surface area contributed by atoms with Gasteiger partial charge in [0, 0.05) is 15.1 Å². The Labute approximate surface area is 172 Å². The first-order chi connectivity index (χ1) is 12.8. The Morgan fingerprint density at radius 3 is 2.33 bits per heavy atom. The molecule has 0 aliphatic heterocycles. The van der Waals surface area contributed by atoms with Crippen molar-refractivity contribution in [2.75, 3.05) is 0 Å². The van der Waals surface area contributed by atoms with Gasteiger partial charge in [0.1, 0.15) is 6.04 Å². The van der Waals surface area contributed by atoms with Crippen LogP contribution in [0, 0.1) is 5.92 Å². The largest absolute Gasteiger partial charge is 0.340 e. The highest BCUT2D eigenvalue weighted by Gasteiger charge is 2.22. The molecule has 5 nitrogen and oxygen atoms in total. The summed E-state index contributed by atoms with van der Waals surface area (Å²) < 4.78 is 0.964. The molecule has 1 unspecified atom stereocenters. The second kappa shape index (κ2) is 10.2. The number of carbonyl (C=O) groups is 2. The molecule has 0 aliphatic rings. The summed E-state index contributed by atoms with van der Waals surface area (Å²) in [7, 11) is 0. The highest BCUT2D eigenvalue weighted by molar-refractivity contribution is 9.10. The van der Waals surface area contributed by atoms with Crippen molar-refractivity contribution in [2.45, 2.75) is 26.3 Å². The van der Waals surface area contributed by atoms with Crippen LogP contribution in [0.2, 0.25) is 5.02 Å². The molecule has 2 rings (SSSR count). The molecule has 2 aromatic rings. The van der Waals surface area contributed by atoms with Gasteiger partial charge in [-0.15, -0.1) is 0 Å². The van der Waals surface area contributed by atoms with Gasteiger partial charge in [0.15, 0.2) is 0 Å². The Hall–Kier alpha value is -2.18. The van der Waals surface area contributed by atoms with Gasteiger partial charge >= 0.3 is 0 Å². The van der Waals surface area contributed by atoms with Gasteiger partial charge in [-0.1, -0.05) is 53.5 Å². The van der Waals surface area contributed by atoms with Gasteiger partial charge in [0.05, 0.1) is 6.21 Å². The van der Waals surface area contributed by atoms with E-state index in [4.69, 9.17) is 11.6 Å². The van der Waals surface area contributed by atoms with Crippen LogP contribution in [0.25, 0.3) is 0 Å². The molecule has 1 atom stereocenters. The van der Waals surface area contributed by atoms with Gasteiger partial charge in [0.25, 0.3) is 11.8 Å². The highest BCUT2D eigenvalue weighted by Crippen LogP contribution is 2.11. The van der Waals surface area contributed by atoms with Crippen molar-refractivity contribution >= 4 is 45.6 Å². The third kappa shape index (κ3) is 7.15. The molecular weight excluding hydrogens is 430 g/mol. The lowest BCUT2D eigenvalue weighted by Crippen LogP contribution is -2.46. The average Bonchev–Trinajstić information content (AvgIpc) is 2.63.